The summed E-state index contributed by atoms with van der Waals surface area (Å²) in [5.74, 6) is 3.44. The molecular weight excluding hydrogens is 400 g/mol. The van der Waals surface area contributed by atoms with Crippen molar-refractivity contribution in [3.05, 3.63) is 30.1 Å². The van der Waals surface area contributed by atoms with Crippen molar-refractivity contribution in [3.63, 3.8) is 0 Å². The SMILES string of the molecule is CC[C@H](C)[C@@H](NC(=O)CCNC(=O)C12CC3CC(CC(C3)C1)C2)c1nc2ccccc2[nH]1. The van der Waals surface area contributed by atoms with Crippen molar-refractivity contribution in [1.82, 2.24) is 20.6 Å². The first kappa shape index (κ1) is 21.5. The molecule has 1 heterocycles. The van der Waals surface area contributed by atoms with Gasteiger partial charge in [0, 0.05) is 18.4 Å². The number of aromatic amines is 1. The first-order chi connectivity index (χ1) is 15.5. The van der Waals surface area contributed by atoms with Gasteiger partial charge in [0.2, 0.25) is 11.8 Å². The lowest BCUT2D eigenvalue weighted by Gasteiger charge is -2.55. The Morgan fingerprint density at radius 3 is 2.41 bits per heavy atom. The van der Waals surface area contributed by atoms with Crippen molar-refractivity contribution < 1.29 is 9.59 Å². The molecule has 6 nitrogen and oxygen atoms in total. The van der Waals surface area contributed by atoms with Crippen molar-refractivity contribution >= 4 is 22.8 Å². The van der Waals surface area contributed by atoms with E-state index in [4.69, 9.17) is 4.98 Å². The highest BCUT2D eigenvalue weighted by atomic mass is 16.2. The highest BCUT2D eigenvalue weighted by molar-refractivity contribution is 5.84. The summed E-state index contributed by atoms with van der Waals surface area (Å²) in [5.41, 5.74) is 1.74. The smallest absolute Gasteiger partial charge is 0.226 e. The first-order valence-corrected chi connectivity index (χ1v) is 12.5. The number of hydrogen-bond acceptors (Lipinski definition) is 3. The molecule has 0 aliphatic heterocycles. The van der Waals surface area contributed by atoms with E-state index in [1.165, 1.54) is 19.3 Å². The van der Waals surface area contributed by atoms with E-state index in [-0.39, 0.29) is 29.2 Å². The number of amides is 2. The number of para-hydroxylation sites is 2. The van der Waals surface area contributed by atoms with Crippen LogP contribution in [-0.4, -0.2) is 28.3 Å². The van der Waals surface area contributed by atoms with Gasteiger partial charge >= 0.3 is 0 Å². The second-order valence-corrected chi connectivity index (χ2v) is 10.8. The molecule has 2 aromatic rings. The number of nitrogens with zero attached hydrogens (tertiary/aromatic N) is 1. The van der Waals surface area contributed by atoms with Crippen LogP contribution in [0.15, 0.2) is 24.3 Å². The van der Waals surface area contributed by atoms with E-state index < -0.39 is 0 Å². The lowest BCUT2D eigenvalue weighted by Crippen LogP contribution is -2.53. The molecule has 0 saturated heterocycles. The minimum atomic E-state index is -0.168. The zero-order chi connectivity index (χ0) is 22.3. The van der Waals surface area contributed by atoms with Crippen LogP contribution in [0.5, 0.6) is 0 Å². The van der Waals surface area contributed by atoms with E-state index >= 15 is 0 Å². The molecule has 2 amide bonds. The Bertz CT molecular complexity index is 928. The quantitative estimate of drug-likeness (QED) is 0.570. The summed E-state index contributed by atoms with van der Waals surface area (Å²) in [4.78, 5) is 34.0. The number of aromatic nitrogens is 2. The normalized spacial score (nSPS) is 30.2. The molecule has 3 N–H and O–H groups in total. The zero-order valence-electron chi connectivity index (χ0n) is 19.3. The monoisotopic (exact) mass is 436 g/mol. The third-order valence-electron chi connectivity index (χ3n) is 8.39. The predicted molar refractivity (Wildman–Crippen MR) is 125 cm³/mol. The van der Waals surface area contributed by atoms with Crippen LogP contribution in [0.1, 0.15) is 77.1 Å². The zero-order valence-corrected chi connectivity index (χ0v) is 19.3. The number of benzene rings is 1. The average Bonchev–Trinajstić information content (AvgIpc) is 3.20. The number of fused-ring (bicyclic) bond motifs is 1. The Morgan fingerprint density at radius 2 is 1.78 bits per heavy atom. The fourth-order valence-corrected chi connectivity index (χ4v) is 6.95. The van der Waals surface area contributed by atoms with Gasteiger partial charge in [-0.3, -0.25) is 9.59 Å². The van der Waals surface area contributed by atoms with E-state index in [0.717, 1.165) is 60.3 Å². The number of H-pyrrole nitrogens is 1. The largest absolute Gasteiger partial charge is 0.355 e. The van der Waals surface area contributed by atoms with E-state index in [2.05, 4.69) is 29.5 Å². The number of rotatable bonds is 8. The van der Waals surface area contributed by atoms with Gasteiger partial charge < -0.3 is 15.6 Å². The number of hydrogen-bond donors (Lipinski definition) is 3. The van der Waals surface area contributed by atoms with Crippen LogP contribution in [0.25, 0.3) is 11.0 Å². The Morgan fingerprint density at radius 1 is 1.12 bits per heavy atom. The number of imidazole rings is 1. The molecule has 4 fully saturated rings. The second kappa shape index (κ2) is 8.53. The van der Waals surface area contributed by atoms with Crippen LogP contribution < -0.4 is 10.6 Å². The molecule has 172 valence electrons. The summed E-state index contributed by atoms with van der Waals surface area (Å²) in [6, 6.07) is 7.76. The predicted octanol–water partition coefficient (Wildman–Crippen LogP) is 4.49. The maximum atomic E-state index is 13.1. The summed E-state index contributed by atoms with van der Waals surface area (Å²) < 4.78 is 0. The third kappa shape index (κ3) is 4.04. The minimum absolute atomic E-state index is 0.0402. The topological polar surface area (TPSA) is 86.9 Å². The van der Waals surface area contributed by atoms with Crippen LogP contribution in [0.3, 0.4) is 0 Å². The lowest BCUT2D eigenvalue weighted by atomic mass is 9.49. The molecule has 4 aliphatic carbocycles. The van der Waals surface area contributed by atoms with Crippen molar-refractivity contribution in [2.75, 3.05) is 6.54 Å². The third-order valence-corrected chi connectivity index (χ3v) is 8.39. The molecule has 32 heavy (non-hydrogen) atoms. The van der Waals surface area contributed by atoms with Gasteiger partial charge in [-0.2, -0.15) is 0 Å². The molecule has 4 aliphatic rings. The fraction of sp³-hybridized carbons (Fsp3) is 0.654. The number of carbonyl (C=O) groups excluding carboxylic acids is 2. The molecule has 0 unspecified atom stereocenters. The van der Waals surface area contributed by atoms with Crippen LogP contribution in [0.4, 0.5) is 0 Å². The van der Waals surface area contributed by atoms with Crippen molar-refractivity contribution in [2.24, 2.45) is 29.1 Å². The number of nitrogens with one attached hydrogen (secondary N) is 3. The summed E-state index contributed by atoms with van der Waals surface area (Å²) in [7, 11) is 0. The fourth-order valence-electron chi connectivity index (χ4n) is 6.95. The maximum Gasteiger partial charge on any atom is 0.226 e. The van der Waals surface area contributed by atoms with E-state index in [1.54, 1.807) is 0 Å². The minimum Gasteiger partial charge on any atom is -0.355 e. The van der Waals surface area contributed by atoms with Gasteiger partial charge in [-0.05, 0) is 74.3 Å². The molecule has 1 aromatic carbocycles. The summed E-state index contributed by atoms with van der Waals surface area (Å²) in [6.07, 6.45) is 8.38. The molecule has 2 atom stereocenters. The van der Waals surface area contributed by atoms with Crippen LogP contribution in [0.2, 0.25) is 0 Å². The summed E-state index contributed by atoms with van der Waals surface area (Å²) >= 11 is 0. The first-order valence-electron chi connectivity index (χ1n) is 12.5. The van der Waals surface area contributed by atoms with E-state index in [1.807, 2.05) is 24.3 Å². The molecular formula is C26H36N4O2. The Kier molecular flexibility index (Phi) is 5.72. The molecule has 4 bridgehead atoms. The second-order valence-electron chi connectivity index (χ2n) is 10.8. The summed E-state index contributed by atoms with van der Waals surface area (Å²) in [6.45, 7) is 4.66. The highest BCUT2D eigenvalue weighted by Gasteiger charge is 2.54. The van der Waals surface area contributed by atoms with Crippen molar-refractivity contribution in [2.45, 2.75) is 71.3 Å². The van der Waals surface area contributed by atoms with Crippen LogP contribution in [0, 0.1) is 29.1 Å². The van der Waals surface area contributed by atoms with Gasteiger partial charge in [-0.25, -0.2) is 4.98 Å². The van der Waals surface area contributed by atoms with Gasteiger partial charge in [0.25, 0.3) is 0 Å². The summed E-state index contributed by atoms with van der Waals surface area (Å²) in [5, 5.41) is 6.30. The van der Waals surface area contributed by atoms with Gasteiger partial charge in [-0.15, -0.1) is 0 Å². The maximum absolute atomic E-state index is 13.1. The molecule has 6 heteroatoms. The van der Waals surface area contributed by atoms with E-state index in [0.29, 0.717) is 13.0 Å². The Labute approximate surface area is 190 Å². The molecule has 1 aromatic heterocycles. The Balaban J connectivity index is 1.17. The molecule has 6 rings (SSSR count). The molecule has 4 saturated carbocycles. The molecule has 0 spiro atoms. The van der Waals surface area contributed by atoms with Gasteiger partial charge in [-0.1, -0.05) is 32.4 Å². The van der Waals surface area contributed by atoms with E-state index in [9.17, 15) is 9.59 Å². The highest BCUT2D eigenvalue weighted by Crippen LogP contribution is 2.60. The van der Waals surface area contributed by atoms with Crippen LogP contribution >= 0.6 is 0 Å². The molecule has 0 radical (unpaired) electrons. The lowest BCUT2D eigenvalue weighted by molar-refractivity contribution is -0.146. The average molecular weight is 437 g/mol. The van der Waals surface area contributed by atoms with Crippen molar-refractivity contribution in [1.29, 1.82) is 0 Å². The number of carbonyl (C=O) groups is 2. The van der Waals surface area contributed by atoms with Crippen molar-refractivity contribution in [3.8, 4) is 0 Å². The van der Waals surface area contributed by atoms with Gasteiger partial charge in [0.05, 0.1) is 17.1 Å². The van der Waals surface area contributed by atoms with Gasteiger partial charge in [0.1, 0.15) is 5.82 Å². The Hall–Kier alpha value is -2.37. The van der Waals surface area contributed by atoms with Gasteiger partial charge in [0.15, 0.2) is 0 Å². The van der Waals surface area contributed by atoms with Crippen LogP contribution in [-0.2, 0) is 9.59 Å². The standard InChI is InChI=1S/C26H36N4O2/c1-3-16(2)23(24-28-20-6-4-5-7-21(20)29-24)30-22(31)8-9-27-25(32)26-13-17-10-18(14-26)12-19(11-17)15-26/h4-7,16-19,23H,3,8-15H2,1-2H3,(H,27,32)(H,28,29)(H,30,31)/t16-,17?,18?,19?,23+,26?/m0/s1.